The third kappa shape index (κ3) is 5.82. The standard InChI is InChI=1S/C18H23N3O4S/c1-20(14-15-7-4-3-5-8-15)12-6-11-19-17-10-9-16(26(2,24)25)13-18(17)21(22)23/h3-5,7-10,13,19H,6,11-12,14H2,1-2H3. The Bertz CT molecular complexity index is 854. The summed E-state index contributed by atoms with van der Waals surface area (Å²) in [6.07, 6.45) is 1.83. The summed E-state index contributed by atoms with van der Waals surface area (Å²) in [6.45, 7) is 2.22. The van der Waals surface area contributed by atoms with Crippen molar-refractivity contribution in [3.63, 3.8) is 0 Å². The van der Waals surface area contributed by atoms with Crippen molar-refractivity contribution in [3.05, 3.63) is 64.2 Å². The van der Waals surface area contributed by atoms with Crippen molar-refractivity contribution in [2.24, 2.45) is 0 Å². The summed E-state index contributed by atoms with van der Waals surface area (Å²) in [5.41, 5.74) is 1.33. The molecule has 0 saturated carbocycles. The van der Waals surface area contributed by atoms with Crippen LogP contribution in [-0.2, 0) is 16.4 Å². The Morgan fingerprint density at radius 1 is 1.15 bits per heavy atom. The van der Waals surface area contributed by atoms with Gasteiger partial charge < -0.3 is 10.2 Å². The molecule has 0 heterocycles. The predicted octanol–water partition coefficient (Wildman–Crippen LogP) is 2.93. The van der Waals surface area contributed by atoms with Gasteiger partial charge in [0.2, 0.25) is 0 Å². The number of nitro groups is 1. The highest BCUT2D eigenvalue weighted by Crippen LogP contribution is 2.27. The van der Waals surface area contributed by atoms with Crippen molar-refractivity contribution in [3.8, 4) is 0 Å². The molecule has 26 heavy (non-hydrogen) atoms. The second-order valence-corrected chi connectivity index (χ2v) is 8.23. The van der Waals surface area contributed by atoms with Gasteiger partial charge in [-0.1, -0.05) is 30.3 Å². The van der Waals surface area contributed by atoms with Crippen molar-refractivity contribution < 1.29 is 13.3 Å². The van der Waals surface area contributed by atoms with Crippen LogP contribution in [-0.4, -0.2) is 44.6 Å². The molecule has 2 rings (SSSR count). The monoisotopic (exact) mass is 377 g/mol. The van der Waals surface area contributed by atoms with Crippen molar-refractivity contribution in [2.75, 3.05) is 31.7 Å². The maximum Gasteiger partial charge on any atom is 0.293 e. The van der Waals surface area contributed by atoms with Crippen LogP contribution in [0.2, 0.25) is 0 Å². The van der Waals surface area contributed by atoms with E-state index in [1.165, 1.54) is 17.7 Å². The third-order valence-electron chi connectivity index (χ3n) is 3.92. The molecule has 0 saturated heterocycles. The van der Waals surface area contributed by atoms with Crippen LogP contribution in [0.4, 0.5) is 11.4 Å². The fourth-order valence-corrected chi connectivity index (χ4v) is 3.23. The average Bonchev–Trinajstić information content (AvgIpc) is 2.58. The van der Waals surface area contributed by atoms with Gasteiger partial charge in [0.1, 0.15) is 5.69 Å². The third-order valence-corrected chi connectivity index (χ3v) is 5.03. The summed E-state index contributed by atoms with van der Waals surface area (Å²) >= 11 is 0. The molecule has 0 radical (unpaired) electrons. The number of anilines is 1. The van der Waals surface area contributed by atoms with E-state index in [4.69, 9.17) is 0 Å². The second kappa shape index (κ2) is 8.77. The van der Waals surface area contributed by atoms with Gasteiger partial charge in [0.15, 0.2) is 9.84 Å². The Hall–Kier alpha value is -2.45. The highest BCUT2D eigenvalue weighted by molar-refractivity contribution is 7.90. The van der Waals surface area contributed by atoms with Crippen molar-refractivity contribution in [1.29, 1.82) is 0 Å². The number of rotatable bonds is 9. The summed E-state index contributed by atoms with van der Waals surface area (Å²) in [5, 5.41) is 14.2. The van der Waals surface area contributed by atoms with Crippen LogP contribution in [0.5, 0.6) is 0 Å². The lowest BCUT2D eigenvalue weighted by Crippen LogP contribution is -2.21. The smallest absolute Gasteiger partial charge is 0.293 e. The first kappa shape index (κ1) is 19.9. The topological polar surface area (TPSA) is 92.6 Å². The highest BCUT2D eigenvalue weighted by Gasteiger charge is 2.18. The Balaban J connectivity index is 1.90. The second-order valence-electron chi connectivity index (χ2n) is 6.21. The van der Waals surface area contributed by atoms with Gasteiger partial charge in [-0.3, -0.25) is 10.1 Å². The zero-order valence-electron chi connectivity index (χ0n) is 14.9. The van der Waals surface area contributed by atoms with Gasteiger partial charge in [0.05, 0.1) is 9.82 Å². The van der Waals surface area contributed by atoms with E-state index in [1.54, 1.807) is 0 Å². The molecule has 0 atom stereocenters. The van der Waals surface area contributed by atoms with Gasteiger partial charge >= 0.3 is 0 Å². The van der Waals surface area contributed by atoms with Crippen LogP contribution in [0.15, 0.2) is 53.4 Å². The Kier molecular flexibility index (Phi) is 6.70. The number of nitrogens with one attached hydrogen (secondary N) is 1. The predicted molar refractivity (Wildman–Crippen MR) is 102 cm³/mol. The molecule has 0 aliphatic heterocycles. The number of nitrogens with zero attached hydrogens (tertiary/aromatic N) is 2. The Morgan fingerprint density at radius 3 is 2.46 bits per heavy atom. The van der Waals surface area contributed by atoms with Gasteiger partial charge in [-0.15, -0.1) is 0 Å². The molecule has 1 N–H and O–H groups in total. The van der Waals surface area contributed by atoms with Gasteiger partial charge in [-0.25, -0.2) is 8.42 Å². The quantitative estimate of drug-likeness (QED) is 0.410. The van der Waals surface area contributed by atoms with Gasteiger partial charge in [-0.05, 0) is 37.7 Å². The van der Waals surface area contributed by atoms with Crippen molar-refractivity contribution >= 4 is 21.2 Å². The molecule has 0 amide bonds. The molecule has 8 heteroatoms. The Labute approximate surface area is 153 Å². The molecular weight excluding hydrogens is 354 g/mol. The molecule has 2 aromatic carbocycles. The van der Waals surface area contributed by atoms with Crippen LogP contribution in [0.1, 0.15) is 12.0 Å². The van der Waals surface area contributed by atoms with Crippen LogP contribution in [0, 0.1) is 10.1 Å². The minimum absolute atomic E-state index is 0.0580. The van der Waals surface area contributed by atoms with Gasteiger partial charge in [0.25, 0.3) is 5.69 Å². The molecule has 0 fully saturated rings. The molecule has 140 valence electrons. The molecule has 0 bridgehead atoms. The van der Waals surface area contributed by atoms with E-state index >= 15 is 0 Å². The fraction of sp³-hybridized carbons (Fsp3) is 0.333. The summed E-state index contributed by atoms with van der Waals surface area (Å²) in [6, 6.07) is 14.1. The molecule has 0 aliphatic rings. The number of hydrogen-bond donors (Lipinski definition) is 1. The largest absolute Gasteiger partial charge is 0.379 e. The fourth-order valence-electron chi connectivity index (χ4n) is 2.59. The van der Waals surface area contributed by atoms with Crippen LogP contribution in [0.3, 0.4) is 0 Å². The minimum atomic E-state index is -3.48. The first-order valence-electron chi connectivity index (χ1n) is 8.22. The average molecular weight is 377 g/mol. The van der Waals surface area contributed by atoms with E-state index in [9.17, 15) is 18.5 Å². The summed E-state index contributed by atoms with van der Waals surface area (Å²) in [4.78, 5) is 12.8. The minimum Gasteiger partial charge on any atom is -0.379 e. The SMILES string of the molecule is CN(CCCNc1ccc(S(C)(=O)=O)cc1[N+](=O)[O-])Cc1ccccc1. The van der Waals surface area contributed by atoms with E-state index in [0.29, 0.717) is 12.2 Å². The number of benzene rings is 2. The first-order chi connectivity index (χ1) is 12.3. The molecule has 0 unspecified atom stereocenters. The van der Waals surface area contributed by atoms with E-state index < -0.39 is 14.8 Å². The lowest BCUT2D eigenvalue weighted by Gasteiger charge is -2.17. The summed E-state index contributed by atoms with van der Waals surface area (Å²) in [7, 11) is -1.46. The molecule has 0 spiro atoms. The highest BCUT2D eigenvalue weighted by atomic mass is 32.2. The van der Waals surface area contributed by atoms with Crippen molar-refractivity contribution in [2.45, 2.75) is 17.9 Å². The Morgan fingerprint density at radius 2 is 1.85 bits per heavy atom. The maximum absolute atomic E-state index is 11.6. The molecule has 7 nitrogen and oxygen atoms in total. The zero-order chi connectivity index (χ0) is 19.2. The molecule has 0 aromatic heterocycles. The number of sulfone groups is 1. The normalized spacial score (nSPS) is 11.5. The zero-order valence-corrected chi connectivity index (χ0v) is 15.7. The van der Waals surface area contributed by atoms with E-state index in [1.807, 2.05) is 25.2 Å². The van der Waals surface area contributed by atoms with Crippen LogP contribution >= 0.6 is 0 Å². The van der Waals surface area contributed by atoms with E-state index in [2.05, 4.69) is 22.3 Å². The van der Waals surface area contributed by atoms with E-state index in [0.717, 1.165) is 31.8 Å². The van der Waals surface area contributed by atoms with Crippen LogP contribution in [0.25, 0.3) is 0 Å². The first-order valence-corrected chi connectivity index (χ1v) is 10.1. The summed E-state index contributed by atoms with van der Waals surface area (Å²) < 4.78 is 23.1. The number of hydrogen-bond acceptors (Lipinski definition) is 6. The van der Waals surface area contributed by atoms with E-state index in [-0.39, 0.29) is 10.6 Å². The number of nitro benzene ring substituents is 1. The molecular formula is C18H23N3O4S. The van der Waals surface area contributed by atoms with Gasteiger partial charge in [-0.2, -0.15) is 0 Å². The maximum atomic E-state index is 11.6. The lowest BCUT2D eigenvalue weighted by atomic mass is 10.2. The molecule has 0 aliphatic carbocycles. The van der Waals surface area contributed by atoms with Crippen LogP contribution < -0.4 is 5.32 Å². The van der Waals surface area contributed by atoms with Crippen molar-refractivity contribution in [1.82, 2.24) is 4.90 Å². The summed E-state index contributed by atoms with van der Waals surface area (Å²) in [5.74, 6) is 0. The lowest BCUT2D eigenvalue weighted by molar-refractivity contribution is -0.384. The molecule has 2 aromatic rings. The van der Waals surface area contributed by atoms with Gasteiger partial charge in [0, 0.05) is 25.4 Å².